The van der Waals surface area contributed by atoms with Gasteiger partial charge in [-0.05, 0) is 19.8 Å². The summed E-state index contributed by atoms with van der Waals surface area (Å²) in [5.74, 6) is 0.115. The maximum Gasteiger partial charge on any atom is 0.321 e. The predicted molar refractivity (Wildman–Crippen MR) is 74.9 cm³/mol. The molecule has 1 aliphatic heterocycles. The molecule has 0 unspecified atom stereocenters. The van der Waals surface area contributed by atoms with Gasteiger partial charge in [-0.2, -0.15) is 0 Å². The maximum absolute atomic E-state index is 11.8. The first-order chi connectivity index (χ1) is 8.81. The Morgan fingerprint density at radius 1 is 1.37 bits per heavy atom. The van der Waals surface area contributed by atoms with Crippen molar-refractivity contribution in [2.45, 2.75) is 33.2 Å². The predicted octanol–water partition coefficient (Wildman–Crippen LogP) is 0.152. The van der Waals surface area contributed by atoms with Gasteiger partial charge in [0, 0.05) is 31.7 Å². The van der Waals surface area contributed by atoms with E-state index in [-0.39, 0.29) is 18.0 Å². The molecule has 0 spiro atoms. The normalized spacial score (nSPS) is 19.2. The molecular weight excluding hydrogens is 244 g/mol. The molecule has 3 amide bonds. The van der Waals surface area contributed by atoms with E-state index in [1.807, 2.05) is 13.8 Å². The molecule has 1 saturated heterocycles. The monoisotopic (exact) mass is 270 g/mol. The molecule has 0 aromatic heterocycles. The molecule has 6 nitrogen and oxygen atoms in total. The second-order valence-electron chi connectivity index (χ2n) is 6.06. The largest absolute Gasteiger partial charge is 0.338 e. The highest BCUT2D eigenvalue weighted by atomic mass is 16.2. The first-order valence-corrected chi connectivity index (χ1v) is 6.85. The number of rotatable bonds is 4. The Labute approximate surface area is 115 Å². The Morgan fingerprint density at radius 2 is 2.05 bits per heavy atom. The number of urea groups is 1. The third-order valence-corrected chi connectivity index (χ3v) is 3.23. The van der Waals surface area contributed by atoms with E-state index in [1.165, 1.54) is 0 Å². The lowest BCUT2D eigenvalue weighted by molar-refractivity contribution is -0.122. The number of carbonyl (C=O) groups excluding carboxylic acids is 2. The van der Waals surface area contributed by atoms with Crippen LogP contribution in [0.15, 0.2) is 0 Å². The van der Waals surface area contributed by atoms with Gasteiger partial charge in [-0.1, -0.05) is 13.8 Å². The van der Waals surface area contributed by atoms with Gasteiger partial charge in [0.25, 0.3) is 0 Å². The summed E-state index contributed by atoms with van der Waals surface area (Å²) in [5.41, 5.74) is -0.0655. The van der Waals surface area contributed by atoms with Gasteiger partial charge in [0.1, 0.15) is 0 Å². The molecule has 0 bridgehead atoms. The highest BCUT2D eigenvalue weighted by Crippen LogP contribution is 2.15. The van der Waals surface area contributed by atoms with Gasteiger partial charge in [-0.25, -0.2) is 4.79 Å². The topological polar surface area (TPSA) is 73.5 Å². The van der Waals surface area contributed by atoms with E-state index < -0.39 is 6.03 Å². The smallest absolute Gasteiger partial charge is 0.321 e. The van der Waals surface area contributed by atoms with Crippen molar-refractivity contribution in [1.82, 2.24) is 20.9 Å². The van der Waals surface area contributed by atoms with Crippen LogP contribution in [-0.2, 0) is 4.79 Å². The Balaban J connectivity index is 2.36. The summed E-state index contributed by atoms with van der Waals surface area (Å²) in [5, 5.41) is 8.34. The van der Waals surface area contributed by atoms with E-state index >= 15 is 0 Å². The van der Waals surface area contributed by atoms with Crippen LogP contribution in [0.2, 0.25) is 0 Å². The summed E-state index contributed by atoms with van der Waals surface area (Å²) >= 11 is 0. The Morgan fingerprint density at radius 3 is 2.63 bits per heavy atom. The number of piperazine rings is 1. The number of hydrogen-bond acceptors (Lipinski definition) is 4. The van der Waals surface area contributed by atoms with E-state index in [9.17, 15) is 9.59 Å². The lowest BCUT2D eigenvalue weighted by Crippen LogP contribution is -2.60. The van der Waals surface area contributed by atoms with Gasteiger partial charge in [-0.3, -0.25) is 15.0 Å². The number of nitrogens with zero attached hydrogens (tertiary/aromatic N) is 1. The minimum atomic E-state index is -0.411. The zero-order chi connectivity index (χ0) is 14.5. The first-order valence-electron chi connectivity index (χ1n) is 6.85. The highest BCUT2D eigenvalue weighted by Gasteiger charge is 2.30. The molecule has 110 valence electrons. The summed E-state index contributed by atoms with van der Waals surface area (Å²) in [6.07, 6.45) is 0. The van der Waals surface area contributed by atoms with Crippen molar-refractivity contribution < 1.29 is 9.59 Å². The van der Waals surface area contributed by atoms with Crippen molar-refractivity contribution in [1.29, 1.82) is 0 Å². The van der Waals surface area contributed by atoms with Crippen molar-refractivity contribution in [2.75, 3.05) is 32.7 Å². The molecule has 1 heterocycles. The summed E-state index contributed by atoms with van der Waals surface area (Å²) in [4.78, 5) is 25.4. The molecule has 3 N–H and O–H groups in total. The quantitative estimate of drug-likeness (QED) is 0.680. The molecular formula is C13H26N4O2. The third-order valence-electron chi connectivity index (χ3n) is 3.23. The Hall–Kier alpha value is -1.14. The van der Waals surface area contributed by atoms with E-state index in [0.29, 0.717) is 12.5 Å². The molecule has 1 rings (SSSR count). The van der Waals surface area contributed by atoms with Gasteiger partial charge in [0.15, 0.2) is 0 Å². The van der Waals surface area contributed by atoms with Gasteiger partial charge in [0.2, 0.25) is 5.91 Å². The number of amides is 3. The molecule has 0 atom stereocenters. The average Bonchev–Trinajstić information content (AvgIpc) is 2.29. The lowest BCUT2D eigenvalue weighted by atomic mass is 10.0. The van der Waals surface area contributed by atoms with Crippen molar-refractivity contribution in [3.05, 3.63) is 0 Å². The fourth-order valence-electron chi connectivity index (χ4n) is 2.00. The molecule has 1 aliphatic rings. The van der Waals surface area contributed by atoms with E-state index in [1.54, 1.807) is 0 Å². The molecule has 0 saturated carbocycles. The summed E-state index contributed by atoms with van der Waals surface area (Å²) in [6, 6.07) is -0.411. The van der Waals surface area contributed by atoms with Gasteiger partial charge in [-0.15, -0.1) is 0 Å². The lowest BCUT2D eigenvalue weighted by Gasteiger charge is -2.42. The van der Waals surface area contributed by atoms with Crippen LogP contribution in [0.5, 0.6) is 0 Å². The fraction of sp³-hybridized carbons (Fsp3) is 0.846. The van der Waals surface area contributed by atoms with Gasteiger partial charge < -0.3 is 10.6 Å². The van der Waals surface area contributed by atoms with Crippen molar-refractivity contribution >= 4 is 11.9 Å². The molecule has 0 aromatic carbocycles. The number of nitrogens with one attached hydrogen (secondary N) is 3. The van der Waals surface area contributed by atoms with Crippen molar-refractivity contribution in [2.24, 2.45) is 5.92 Å². The third kappa shape index (κ3) is 5.57. The van der Waals surface area contributed by atoms with Crippen LogP contribution in [0.3, 0.4) is 0 Å². The SMILES string of the molecule is CC(C)CNC(=O)NC(=O)CN1CCNCC1(C)C. The van der Waals surface area contributed by atoms with Crippen molar-refractivity contribution in [3.63, 3.8) is 0 Å². The summed E-state index contributed by atoms with van der Waals surface area (Å²) in [6.45, 7) is 11.5. The van der Waals surface area contributed by atoms with Gasteiger partial charge in [0.05, 0.1) is 6.54 Å². The van der Waals surface area contributed by atoms with Crippen LogP contribution in [0, 0.1) is 5.92 Å². The minimum absolute atomic E-state index is 0.0655. The fourth-order valence-corrected chi connectivity index (χ4v) is 2.00. The molecule has 6 heteroatoms. The summed E-state index contributed by atoms with van der Waals surface area (Å²) < 4.78 is 0. The highest BCUT2D eigenvalue weighted by molar-refractivity contribution is 5.95. The molecule has 0 radical (unpaired) electrons. The Bertz CT molecular complexity index is 329. The van der Waals surface area contributed by atoms with Crippen LogP contribution >= 0.6 is 0 Å². The summed E-state index contributed by atoms with van der Waals surface area (Å²) in [7, 11) is 0. The van der Waals surface area contributed by atoms with Crippen LogP contribution in [0.4, 0.5) is 4.79 Å². The molecule has 19 heavy (non-hydrogen) atoms. The second kappa shape index (κ2) is 6.86. The van der Waals surface area contributed by atoms with Crippen LogP contribution < -0.4 is 16.0 Å². The average molecular weight is 270 g/mol. The number of hydrogen-bond donors (Lipinski definition) is 3. The van der Waals surface area contributed by atoms with Crippen molar-refractivity contribution in [3.8, 4) is 0 Å². The maximum atomic E-state index is 11.8. The number of carbonyl (C=O) groups is 2. The molecule has 0 aliphatic carbocycles. The zero-order valence-electron chi connectivity index (χ0n) is 12.4. The standard InChI is InChI=1S/C13H26N4O2/c1-10(2)7-15-12(19)16-11(18)8-17-6-5-14-9-13(17,3)4/h10,14H,5-9H2,1-4H3,(H2,15,16,18,19). The molecule has 0 aromatic rings. The second-order valence-corrected chi connectivity index (χ2v) is 6.06. The Kier molecular flexibility index (Phi) is 5.75. The van der Waals surface area contributed by atoms with E-state index in [4.69, 9.17) is 0 Å². The van der Waals surface area contributed by atoms with Crippen LogP contribution in [0.1, 0.15) is 27.7 Å². The number of imide groups is 1. The van der Waals surface area contributed by atoms with E-state index in [2.05, 4.69) is 34.7 Å². The van der Waals surface area contributed by atoms with Crippen LogP contribution in [0.25, 0.3) is 0 Å². The first kappa shape index (κ1) is 15.9. The van der Waals surface area contributed by atoms with Crippen LogP contribution in [-0.4, -0.2) is 55.1 Å². The van der Waals surface area contributed by atoms with Gasteiger partial charge >= 0.3 is 6.03 Å². The van der Waals surface area contributed by atoms with E-state index in [0.717, 1.165) is 19.6 Å². The zero-order valence-corrected chi connectivity index (χ0v) is 12.4. The minimum Gasteiger partial charge on any atom is -0.338 e. The molecule has 1 fully saturated rings.